The van der Waals surface area contributed by atoms with Gasteiger partial charge in [-0.25, -0.2) is 0 Å². The number of furan rings is 1. The Hall–Kier alpha value is -2.88. The van der Waals surface area contributed by atoms with E-state index in [9.17, 15) is 4.79 Å². The van der Waals surface area contributed by atoms with Crippen LogP contribution >= 0.6 is 0 Å². The van der Waals surface area contributed by atoms with E-state index < -0.39 is 0 Å². The predicted octanol–water partition coefficient (Wildman–Crippen LogP) is 3.81. The fourth-order valence-electron chi connectivity index (χ4n) is 2.61. The molecule has 0 aliphatic carbocycles. The standard InChI is InChI=1S/C19H18N2O2/c1-13-5-3-4-6-16(13)17(15-7-10-20-11-8-15)21-19(22)18-14(2)9-12-23-18/h3-12,17H,1-2H3,(H,21,22)/t17-/m1/s1. The van der Waals surface area contributed by atoms with E-state index in [1.165, 1.54) is 6.26 Å². The second-order valence-electron chi connectivity index (χ2n) is 5.48. The number of nitrogens with zero attached hydrogens (tertiary/aromatic N) is 1. The van der Waals surface area contributed by atoms with Gasteiger partial charge in [-0.3, -0.25) is 9.78 Å². The average Bonchev–Trinajstić information content (AvgIpc) is 3.00. The molecule has 1 atom stereocenters. The first-order valence-corrected chi connectivity index (χ1v) is 7.47. The second-order valence-corrected chi connectivity index (χ2v) is 5.48. The maximum atomic E-state index is 12.6. The smallest absolute Gasteiger partial charge is 0.288 e. The molecule has 23 heavy (non-hydrogen) atoms. The van der Waals surface area contributed by atoms with Crippen LogP contribution in [-0.2, 0) is 0 Å². The molecule has 0 unspecified atom stereocenters. The van der Waals surface area contributed by atoms with E-state index in [4.69, 9.17) is 4.42 Å². The van der Waals surface area contributed by atoms with E-state index >= 15 is 0 Å². The van der Waals surface area contributed by atoms with Gasteiger partial charge in [-0.05, 0) is 48.7 Å². The topological polar surface area (TPSA) is 55.1 Å². The van der Waals surface area contributed by atoms with E-state index in [0.29, 0.717) is 5.76 Å². The molecular formula is C19H18N2O2. The molecule has 1 N–H and O–H groups in total. The largest absolute Gasteiger partial charge is 0.459 e. The number of hydrogen-bond donors (Lipinski definition) is 1. The van der Waals surface area contributed by atoms with Crippen LogP contribution in [0, 0.1) is 13.8 Å². The summed E-state index contributed by atoms with van der Waals surface area (Å²) in [6.07, 6.45) is 4.98. The molecule has 0 spiro atoms. The first-order chi connectivity index (χ1) is 11.2. The highest BCUT2D eigenvalue weighted by molar-refractivity contribution is 5.93. The summed E-state index contributed by atoms with van der Waals surface area (Å²) >= 11 is 0. The molecule has 3 rings (SSSR count). The van der Waals surface area contributed by atoms with Gasteiger partial charge in [-0.1, -0.05) is 24.3 Å². The summed E-state index contributed by atoms with van der Waals surface area (Å²) in [7, 11) is 0. The van der Waals surface area contributed by atoms with Crippen molar-refractivity contribution in [3.63, 3.8) is 0 Å². The second kappa shape index (κ2) is 6.48. The van der Waals surface area contributed by atoms with Crippen LogP contribution in [0.2, 0.25) is 0 Å². The zero-order chi connectivity index (χ0) is 16.2. The third-order valence-corrected chi connectivity index (χ3v) is 3.88. The number of pyridine rings is 1. The molecule has 0 saturated heterocycles. The molecule has 0 radical (unpaired) electrons. The molecule has 2 aromatic heterocycles. The molecule has 0 aliphatic rings. The average molecular weight is 306 g/mol. The van der Waals surface area contributed by atoms with Gasteiger partial charge in [0.2, 0.25) is 0 Å². The van der Waals surface area contributed by atoms with Crippen molar-refractivity contribution >= 4 is 5.91 Å². The number of aryl methyl sites for hydroxylation is 2. The van der Waals surface area contributed by atoms with Gasteiger partial charge >= 0.3 is 0 Å². The molecule has 0 aliphatic heterocycles. The number of hydrogen-bond acceptors (Lipinski definition) is 3. The maximum Gasteiger partial charge on any atom is 0.288 e. The van der Waals surface area contributed by atoms with Crippen LogP contribution in [0.25, 0.3) is 0 Å². The normalized spacial score (nSPS) is 11.9. The Morgan fingerprint density at radius 3 is 2.43 bits per heavy atom. The minimum Gasteiger partial charge on any atom is -0.459 e. The number of aromatic nitrogens is 1. The highest BCUT2D eigenvalue weighted by atomic mass is 16.3. The Labute approximate surface area is 135 Å². The van der Waals surface area contributed by atoms with E-state index in [2.05, 4.69) is 10.3 Å². The number of amides is 1. The van der Waals surface area contributed by atoms with Gasteiger partial charge in [0, 0.05) is 18.0 Å². The summed E-state index contributed by atoms with van der Waals surface area (Å²) in [5, 5.41) is 3.07. The Morgan fingerprint density at radius 2 is 1.78 bits per heavy atom. The summed E-state index contributed by atoms with van der Waals surface area (Å²) in [6.45, 7) is 3.89. The highest BCUT2D eigenvalue weighted by Gasteiger charge is 2.21. The third kappa shape index (κ3) is 3.16. The van der Waals surface area contributed by atoms with Crippen molar-refractivity contribution in [2.24, 2.45) is 0 Å². The van der Waals surface area contributed by atoms with Crippen LogP contribution in [0.15, 0.2) is 65.5 Å². The Morgan fingerprint density at radius 1 is 1.04 bits per heavy atom. The number of carbonyl (C=O) groups excluding carboxylic acids is 1. The summed E-state index contributed by atoms with van der Waals surface area (Å²) < 4.78 is 5.30. The monoisotopic (exact) mass is 306 g/mol. The lowest BCUT2D eigenvalue weighted by Crippen LogP contribution is -2.30. The highest BCUT2D eigenvalue weighted by Crippen LogP contribution is 2.25. The molecule has 4 heteroatoms. The van der Waals surface area contributed by atoms with Crippen LogP contribution in [0.1, 0.15) is 38.9 Å². The fraction of sp³-hybridized carbons (Fsp3) is 0.158. The van der Waals surface area contributed by atoms with E-state index in [-0.39, 0.29) is 11.9 Å². The quantitative estimate of drug-likeness (QED) is 0.797. The lowest BCUT2D eigenvalue weighted by molar-refractivity contribution is 0.0914. The van der Waals surface area contributed by atoms with Gasteiger partial charge in [0.05, 0.1) is 12.3 Å². The summed E-state index contributed by atoms with van der Waals surface area (Å²) in [5.74, 6) is 0.121. The van der Waals surface area contributed by atoms with Crippen molar-refractivity contribution in [1.82, 2.24) is 10.3 Å². The van der Waals surface area contributed by atoms with Crippen molar-refractivity contribution in [3.05, 3.63) is 89.1 Å². The Kier molecular flexibility index (Phi) is 4.24. The van der Waals surface area contributed by atoms with Crippen molar-refractivity contribution in [3.8, 4) is 0 Å². The van der Waals surface area contributed by atoms with Crippen molar-refractivity contribution in [2.75, 3.05) is 0 Å². The Balaban J connectivity index is 1.98. The van der Waals surface area contributed by atoms with Gasteiger partial charge in [0.15, 0.2) is 5.76 Å². The maximum absolute atomic E-state index is 12.6. The molecule has 0 bridgehead atoms. The van der Waals surface area contributed by atoms with Crippen molar-refractivity contribution in [2.45, 2.75) is 19.9 Å². The summed E-state index contributed by atoms with van der Waals surface area (Å²) in [5.41, 5.74) is 3.97. The minimum absolute atomic E-state index is 0.224. The lowest BCUT2D eigenvalue weighted by Gasteiger charge is -2.21. The predicted molar refractivity (Wildman–Crippen MR) is 88.2 cm³/mol. The van der Waals surface area contributed by atoms with Crippen molar-refractivity contribution in [1.29, 1.82) is 0 Å². The fourth-order valence-corrected chi connectivity index (χ4v) is 2.61. The Bertz CT molecular complexity index is 809. The van der Waals surface area contributed by atoms with E-state index in [1.807, 2.05) is 50.2 Å². The molecule has 1 aromatic carbocycles. The van der Waals surface area contributed by atoms with Crippen LogP contribution in [-0.4, -0.2) is 10.9 Å². The molecule has 0 saturated carbocycles. The number of nitrogens with one attached hydrogen (secondary N) is 1. The molecule has 116 valence electrons. The van der Waals surface area contributed by atoms with Gasteiger partial charge < -0.3 is 9.73 Å². The first-order valence-electron chi connectivity index (χ1n) is 7.47. The van der Waals surface area contributed by atoms with Crippen LogP contribution in [0.5, 0.6) is 0 Å². The zero-order valence-corrected chi connectivity index (χ0v) is 13.1. The van der Waals surface area contributed by atoms with Crippen LogP contribution in [0.4, 0.5) is 0 Å². The van der Waals surface area contributed by atoms with Crippen LogP contribution in [0.3, 0.4) is 0 Å². The molecule has 2 heterocycles. The third-order valence-electron chi connectivity index (χ3n) is 3.88. The number of rotatable bonds is 4. The van der Waals surface area contributed by atoms with Crippen LogP contribution < -0.4 is 5.32 Å². The van der Waals surface area contributed by atoms with E-state index in [0.717, 1.165) is 22.3 Å². The summed E-state index contributed by atoms with van der Waals surface area (Å²) in [6, 6.07) is 13.4. The number of carbonyl (C=O) groups is 1. The number of benzene rings is 1. The van der Waals surface area contributed by atoms with Gasteiger partial charge in [-0.2, -0.15) is 0 Å². The SMILES string of the molecule is Cc1ccccc1[C@H](NC(=O)c1occc1C)c1ccncc1. The molecule has 1 amide bonds. The summed E-state index contributed by atoms with van der Waals surface area (Å²) in [4.78, 5) is 16.6. The minimum atomic E-state index is -0.254. The van der Waals surface area contributed by atoms with Crippen molar-refractivity contribution < 1.29 is 9.21 Å². The first kappa shape index (κ1) is 15.0. The molecular weight excluding hydrogens is 288 g/mol. The zero-order valence-electron chi connectivity index (χ0n) is 13.1. The van der Waals surface area contributed by atoms with E-state index in [1.54, 1.807) is 18.5 Å². The molecule has 3 aromatic rings. The van der Waals surface area contributed by atoms with Gasteiger partial charge in [0.1, 0.15) is 0 Å². The lowest BCUT2D eigenvalue weighted by atomic mass is 9.95. The molecule has 0 fully saturated rings. The molecule has 4 nitrogen and oxygen atoms in total. The van der Waals surface area contributed by atoms with Gasteiger partial charge in [-0.15, -0.1) is 0 Å². The van der Waals surface area contributed by atoms with Gasteiger partial charge in [0.25, 0.3) is 5.91 Å².